The smallest absolute Gasteiger partial charge is 0.273 e. The van der Waals surface area contributed by atoms with Crippen molar-refractivity contribution in [3.63, 3.8) is 0 Å². The molecule has 0 amide bonds. The predicted molar refractivity (Wildman–Crippen MR) is 78.6 cm³/mol. The van der Waals surface area contributed by atoms with Crippen molar-refractivity contribution in [2.45, 2.75) is 25.4 Å². The Morgan fingerprint density at radius 3 is 2.72 bits per heavy atom. The van der Waals surface area contributed by atoms with Crippen molar-refractivity contribution in [3.05, 3.63) is 39.9 Å². The molecule has 1 N–H and O–H groups in total. The Labute approximate surface area is 120 Å². The van der Waals surface area contributed by atoms with Crippen LogP contribution in [-0.2, 0) is 6.54 Å². The van der Waals surface area contributed by atoms with Gasteiger partial charge in [-0.25, -0.2) is 3.11 Å². The summed E-state index contributed by atoms with van der Waals surface area (Å²) in [6.07, 6.45) is 2.20. The largest absolute Gasteiger partial charge is 0.310 e. The minimum atomic E-state index is -0.315. The third kappa shape index (κ3) is 3.63. The van der Waals surface area contributed by atoms with E-state index < -0.39 is 0 Å². The van der Waals surface area contributed by atoms with Crippen molar-refractivity contribution in [2.24, 2.45) is 0 Å². The summed E-state index contributed by atoms with van der Waals surface area (Å²) in [6.45, 7) is 2.73. The van der Waals surface area contributed by atoms with Crippen LogP contribution in [0.2, 0.25) is 0 Å². The zero-order valence-electron chi connectivity index (χ0n) is 10.0. The molecule has 1 aliphatic heterocycles. The molecule has 0 saturated carbocycles. The van der Waals surface area contributed by atoms with E-state index in [1.165, 1.54) is 0 Å². The Balaban J connectivity index is 1.92. The van der Waals surface area contributed by atoms with Crippen molar-refractivity contribution in [2.75, 3.05) is 13.1 Å². The number of benzene rings is 1. The summed E-state index contributed by atoms with van der Waals surface area (Å²) in [5.74, 6) is 0. The van der Waals surface area contributed by atoms with E-state index in [-0.39, 0.29) is 10.6 Å². The molecular weight excluding hydrogens is 345 g/mol. The Morgan fingerprint density at radius 2 is 2.06 bits per heavy atom. The highest BCUT2D eigenvalue weighted by Gasteiger charge is 2.18. The fourth-order valence-electron chi connectivity index (χ4n) is 2.14. The van der Waals surface area contributed by atoms with Crippen molar-refractivity contribution in [3.8, 4) is 0 Å². The molecular formula is C12H16IN3O2. The number of nitro benzene ring substituents is 1. The lowest BCUT2D eigenvalue weighted by molar-refractivity contribution is -0.385. The molecule has 1 heterocycles. The van der Waals surface area contributed by atoms with Crippen LogP contribution >= 0.6 is 22.9 Å². The predicted octanol–water partition coefficient (Wildman–Crippen LogP) is 2.50. The summed E-state index contributed by atoms with van der Waals surface area (Å²) in [7, 11) is 0. The number of nitrogens with one attached hydrogen (secondary N) is 1. The molecule has 1 aromatic carbocycles. The third-order valence-electron chi connectivity index (χ3n) is 3.21. The number of hydrogen-bond donors (Lipinski definition) is 1. The van der Waals surface area contributed by atoms with Crippen LogP contribution in [0.25, 0.3) is 0 Å². The number of hydrogen-bond acceptors (Lipinski definition) is 4. The number of piperidine rings is 1. The van der Waals surface area contributed by atoms with E-state index in [2.05, 4.69) is 31.3 Å². The van der Waals surface area contributed by atoms with Gasteiger partial charge in [0.05, 0.1) is 4.92 Å². The average molecular weight is 361 g/mol. The standard InChI is InChI=1S/C12H16IN3O2/c13-15-7-5-11(6-8-15)14-9-10-3-1-2-4-12(10)16(17)18/h1-4,11,14H,5-9H2. The minimum Gasteiger partial charge on any atom is -0.310 e. The van der Waals surface area contributed by atoms with Gasteiger partial charge in [-0.05, 0) is 12.8 Å². The first-order valence-electron chi connectivity index (χ1n) is 6.03. The van der Waals surface area contributed by atoms with Gasteiger partial charge in [-0.3, -0.25) is 10.1 Å². The maximum atomic E-state index is 10.9. The molecule has 0 radical (unpaired) electrons. The van der Waals surface area contributed by atoms with Gasteiger partial charge in [-0.1, -0.05) is 18.2 Å². The lowest BCUT2D eigenvalue weighted by Crippen LogP contribution is -2.38. The molecule has 0 spiro atoms. The van der Waals surface area contributed by atoms with Crippen molar-refractivity contribution in [1.29, 1.82) is 0 Å². The van der Waals surface area contributed by atoms with E-state index in [0.29, 0.717) is 12.6 Å². The molecule has 2 rings (SSSR count). The summed E-state index contributed by atoms with van der Waals surface area (Å²) in [5, 5.41) is 14.3. The van der Waals surface area contributed by atoms with Gasteiger partial charge in [-0.15, -0.1) is 0 Å². The van der Waals surface area contributed by atoms with Crippen molar-refractivity contribution < 1.29 is 4.92 Å². The first kappa shape index (κ1) is 13.7. The molecule has 0 bridgehead atoms. The van der Waals surface area contributed by atoms with Gasteiger partial charge in [0.15, 0.2) is 0 Å². The van der Waals surface area contributed by atoms with E-state index >= 15 is 0 Å². The molecule has 1 aliphatic rings. The third-order valence-corrected chi connectivity index (χ3v) is 4.17. The van der Waals surface area contributed by atoms with Gasteiger partial charge >= 0.3 is 0 Å². The first-order valence-corrected chi connectivity index (χ1v) is 6.99. The number of para-hydroxylation sites is 1. The molecule has 0 unspecified atom stereocenters. The molecule has 6 heteroatoms. The van der Waals surface area contributed by atoms with E-state index in [9.17, 15) is 10.1 Å². The highest BCUT2D eigenvalue weighted by Crippen LogP contribution is 2.19. The molecule has 1 fully saturated rings. The van der Waals surface area contributed by atoms with E-state index in [1.807, 2.05) is 12.1 Å². The second-order valence-corrected chi connectivity index (χ2v) is 5.82. The van der Waals surface area contributed by atoms with Crippen LogP contribution in [0.4, 0.5) is 5.69 Å². The Bertz CT molecular complexity index is 420. The molecule has 0 aliphatic carbocycles. The second kappa shape index (κ2) is 6.44. The SMILES string of the molecule is O=[N+]([O-])c1ccccc1CNC1CCN(I)CC1. The van der Waals surface area contributed by atoms with Gasteiger partial charge in [-0.2, -0.15) is 0 Å². The highest BCUT2D eigenvalue weighted by atomic mass is 127. The highest BCUT2D eigenvalue weighted by molar-refractivity contribution is 14.1. The van der Waals surface area contributed by atoms with Crippen LogP contribution in [0.5, 0.6) is 0 Å². The Hall–Kier alpha value is -0.730. The number of halogens is 1. The molecule has 98 valence electrons. The van der Waals surface area contributed by atoms with E-state index in [4.69, 9.17) is 0 Å². The molecule has 0 aromatic heterocycles. The zero-order chi connectivity index (χ0) is 13.0. The van der Waals surface area contributed by atoms with Crippen LogP contribution in [0.3, 0.4) is 0 Å². The minimum absolute atomic E-state index is 0.205. The topological polar surface area (TPSA) is 58.4 Å². The van der Waals surface area contributed by atoms with Crippen LogP contribution in [0, 0.1) is 10.1 Å². The lowest BCUT2D eigenvalue weighted by atomic mass is 10.1. The molecule has 1 aromatic rings. The summed E-state index contributed by atoms with van der Waals surface area (Å²) in [5.41, 5.74) is 0.968. The monoisotopic (exact) mass is 361 g/mol. The van der Waals surface area contributed by atoms with Gasteiger partial charge in [0.1, 0.15) is 0 Å². The van der Waals surface area contributed by atoms with Crippen molar-refractivity contribution >= 4 is 28.6 Å². The average Bonchev–Trinajstić information content (AvgIpc) is 2.38. The lowest BCUT2D eigenvalue weighted by Gasteiger charge is -2.28. The summed E-state index contributed by atoms with van der Waals surface area (Å²) in [4.78, 5) is 10.6. The summed E-state index contributed by atoms with van der Waals surface area (Å²) >= 11 is 2.34. The molecule has 0 atom stereocenters. The quantitative estimate of drug-likeness (QED) is 0.388. The molecule has 1 saturated heterocycles. The second-order valence-electron chi connectivity index (χ2n) is 4.45. The summed E-state index contributed by atoms with van der Waals surface area (Å²) < 4.78 is 2.28. The number of rotatable bonds is 4. The van der Waals surface area contributed by atoms with Gasteiger partial charge in [0, 0.05) is 60.2 Å². The maximum Gasteiger partial charge on any atom is 0.273 e. The summed E-state index contributed by atoms with van der Waals surface area (Å²) in [6, 6.07) is 7.40. The van der Waals surface area contributed by atoms with Crippen LogP contribution < -0.4 is 5.32 Å². The van der Waals surface area contributed by atoms with E-state index in [0.717, 1.165) is 31.5 Å². The Morgan fingerprint density at radius 1 is 1.39 bits per heavy atom. The number of nitro groups is 1. The molecule has 5 nitrogen and oxygen atoms in total. The van der Waals surface area contributed by atoms with Gasteiger partial charge < -0.3 is 5.32 Å². The first-order chi connectivity index (χ1) is 8.66. The normalized spacial score (nSPS) is 17.8. The molecule has 18 heavy (non-hydrogen) atoms. The number of nitrogens with zero attached hydrogens (tertiary/aromatic N) is 2. The Kier molecular flexibility index (Phi) is 4.90. The zero-order valence-corrected chi connectivity index (χ0v) is 12.2. The van der Waals surface area contributed by atoms with Crippen LogP contribution in [0.1, 0.15) is 18.4 Å². The van der Waals surface area contributed by atoms with Crippen LogP contribution in [-0.4, -0.2) is 27.2 Å². The fraction of sp³-hybridized carbons (Fsp3) is 0.500. The van der Waals surface area contributed by atoms with Crippen LogP contribution in [0.15, 0.2) is 24.3 Å². The fourth-order valence-corrected chi connectivity index (χ4v) is 2.70. The van der Waals surface area contributed by atoms with Crippen molar-refractivity contribution in [1.82, 2.24) is 8.43 Å². The van der Waals surface area contributed by atoms with Gasteiger partial charge in [0.25, 0.3) is 5.69 Å². The maximum absolute atomic E-state index is 10.9. The van der Waals surface area contributed by atoms with Gasteiger partial charge in [0.2, 0.25) is 0 Å². The van der Waals surface area contributed by atoms with E-state index in [1.54, 1.807) is 12.1 Å².